The highest BCUT2D eigenvalue weighted by atomic mass is 16.5. The number of aryl methyl sites for hydroxylation is 1. The van der Waals surface area contributed by atoms with Crippen LogP contribution in [0.25, 0.3) is 0 Å². The number of hydrogen-bond acceptors (Lipinski definition) is 3. The number of benzene rings is 1. The lowest BCUT2D eigenvalue weighted by Crippen LogP contribution is -2.39. The van der Waals surface area contributed by atoms with Gasteiger partial charge in [0, 0.05) is 0 Å². The number of carbonyl (C=O) groups excluding carboxylic acids is 1. The molecule has 1 amide bonds. The number of aliphatic carboxylic acids is 1. The summed E-state index contributed by atoms with van der Waals surface area (Å²) >= 11 is 0. The molecule has 0 aliphatic carbocycles. The first kappa shape index (κ1) is 17.0. The summed E-state index contributed by atoms with van der Waals surface area (Å²) in [5.41, 5.74) is 1.85. The van der Waals surface area contributed by atoms with Gasteiger partial charge in [-0.1, -0.05) is 39.0 Å². The fourth-order valence-electron chi connectivity index (χ4n) is 1.94. The Kier molecular flexibility index (Phi) is 5.35. The third kappa shape index (κ3) is 4.77. The number of hydrogen-bond donors (Lipinski definition) is 2. The standard InChI is InChI=1S/C16H23NO4/c1-10-7-6-8-12(16(3,4)5)14(10)21-11(2)15(20)17-9-13(18)19/h6-8,11H,9H2,1-5H3,(H,17,20)(H,18,19). The first-order chi connectivity index (χ1) is 9.62. The zero-order valence-electron chi connectivity index (χ0n) is 13.2. The summed E-state index contributed by atoms with van der Waals surface area (Å²) in [6.07, 6.45) is -0.758. The van der Waals surface area contributed by atoms with Gasteiger partial charge in [-0.3, -0.25) is 9.59 Å². The van der Waals surface area contributed by atoms with Crippen LogP contribution in [0.5, 0.6) is 5.75 Å². The Morgan fingerprint density at radius 1 is 1.33 bits per heavy atom. The van der Waals surface area contributed by atoms with Gasteiger partial charge in [0.25, 0.3) is 5.91 Å². The van der Waals surface area contributed by atoms with E-state index in [0.29, 0.717) is 5.75 Å². The highest BCUT2D eigenvalue weighted by Gasteiger charge is 2.23. The summed E-state index contributed by atoms with van der Waals surface area (Å²) in [6, 6.07) is 5.86. The maximum absolute atomic E-state index is 11.8. The minimum Gasteiger partial charge on any atom is -0.480 e. The molecule has 0 aliphatic heterocycles. The van der Waals surface area contributed by atoms with Crippen molar-refractivity contribution in [2.24, 2.45) is 0 Å². The van der Waals surface area contributed by atoms with Gasteiger partial charge in [0.15, 0.2) is 6.10 Å². The fraction of sp³-hybridized carbons (Fsp3) is 0.500. The minimum atomic E-state index is -1.08. The number of amides is 1. The Morgan fingerprint density at radius 3 is 2.48 bits per heavy atom. The second-order valence-corrected chi connectivity index (χ2v) is 6.07. The van der Waals surface area contributed by atoms with Gasteiger partial charge in [-0.25, -0.2) is 0 Å². The van der Waals surface area contributed by atoms with Crippen LogP contribution in [0.4, 0.5) is 0 Å². The van der Waals surface area contributed by atoms with E-state index >= 15 is 0 Å². The lowest BCUT2D eigenvalue weighted by atomic mass is 9.85. The predicted octanol–water partition coefficient (Wildman–Crippen LogP) is 2.26. The average molecular weight is 293 g/mol. The molecule has 2 N–H and O–H groups in total. The van der Waals surface area contributed by atoms with Gasteiger partial charge in [-0.2, -0.15) is 0 Å². The lowest BCUT2D eigenvalue weighted by Gasteiger charge is -2.26. The first-order valence-corrected chi connectivity index (χ1v) is 6.89. The Hall–Kier alpha value is -2.04. The third-order valence-corrected chi connectivity index (χ3v) is 3.10. The smallest absolute Gasteiger partial charge is 0.322 e. The summed E-state index contributed by atoms with van der Waals surface area (Å²) in [7, 11) is 0. The second kappa shape index (κ2) is 6.61. The Morgan fingerprint density at radius 2 is 1.95 bits per heavy atom. The fourth-order valence-corrected chi connectivity index (χ4v) is 1.94. The summed E-state index contributed by atoms with van der Waals surface area (Å²) in [5.74, 6) is -0.842. The van der Waals surface area contributed by atoms with Gasteiger partial charge in [0.2, 0.25) is 0 Å². The minimum absolute atomic E-state index is 0.112. The van der Waals surface area contributed by atoms with Crippen LogP contribution < -0.4 is 10.1 Å². The van der Waals surface area contributed by atoms with Crippen LogP contribution in [0.3, 0.4) is 0 Å². The van der Waals surface area contributed by atoms with Gasteiger partial charge in [0.05, 0.1) is 0 Å². The van der Waals surface area contributed by atoms with Gasteiger partial charge in [-0.05, 0) is 30.4 Å². The van der Waals surface area contributed by atoms with E-state index < -0.39 is 24.5 Å². The van der Waals surface area contributed by atoms with Crippen molar-refractivity contribution in [3.05, 3.63) is 29.3 Å². The van der Waals surface area contributed by atoms with Crippen molar-refractivity contribution in [3.8, 4) is 5.75 Å². The number of ether oxygens (including phenoxy) is 1. The molecule has 21 heavy (non-hydrogen) atoms. The molecule has 1 aromatic rings. The van der Waals surface area contributed by atoms with Crippen molar-refractivity contribution in [3.63, 3.8) is 0 Å². The molecule has 0 bridgehead atoms. The summed E-state index contributed by atoms with van der Waals surface area (Å²) in [4.78, 5) is 22.3. The van der Waals surface area contributed by atoms with Gasteiger partial charge in [-0.15, -0.1) is 0 Å². The van der Waals surface area contributed by atoms with Crippen LogP contribution in [-0.4, -0.2) is 29.6 Å². The van der Waals surface area contributed by atoms with Gasteiger partial charge >= 0.3 is 5.97 Å². The molecule has 1 rings (SSSR count). The Bertz CT molecular complexity index is 532. The van der Waals surface area contributed by atoms with Crippen LogP contribution >= 0.6 is 0 Å². The molecule has 0 aliphatic rings. The number of carboxylic acids is 1. The van der Waals surface area contributed by atoms with Gasteiger partial charge in [0.1, 0.15) is 12.3 Å². The molecule has 0 aromatic heterocycles. The molecule has 1 atom stereocenters. The zero-order chi connectivity index (χ0) is 16.2. The monoisotopic (exact) mass is 293 g/mol. The Balaban J connectivity index is 2.92. The number of carboxylic acid groups (broad SMARTS) is 1. The molecule has 0 fully saturated rings. The molecule has 0 saturated heterocycles. The molecule has 0 radical (unpaired) electrons. The molecule has 1 unspecified atom stereocenters. The predicted molar refractivity (Wildman–Crippen MR) is 80.6 cm³/mol. The molecule has 5 nitrogen and oxygen atoms in total. The maximum atomic E-state index is 11.8. The topological polar surface area (TPSA) is 75.6 Å². The van der Waals surface area contributed by atoms with E-state index in [-0.39, 0.29) is 5.41 Å². The quantitative estimate of drug-likeness (QED) is 0.873. The van der Waals surface area contributed by atoms with Crippen molar-refractivity contribution >= 4 is 11.9 Å². The molecule has 0 spiro atoms. The van der Waals surface area contributed by atoms with Crippen molar-refractivity contribution < 1.29 is 19.4 Å². The van der Waals surface area contributed by atoms with E-state index in [1.54, 1.807) is 6.92 Å². The van der Waals surface area contributed by atoms with Crippen molar-refractivity contribution in [2.45, 2.75) is 46.1 Å². The average Bonchev–Trinajstić information content (AvgIpc) is 2.36. The van der Waals surface area contributed by atoms with Crippen LogP contribution in [0.1, 0.15) is 38.8 Å². The molecular weight excluding hydrogens is 270 g/mol. The molecule has 5 heteroatoms. The third-order valence-electron chi connectivity index (χ3n) is 3.10. The number of rotatable bonds is 5. The highest BCUT2D eigenvalue weighted by Crippen LogP contribution is 2.34. The van der Waals surface area contributed by atoms with Crippen LogP contribution in [0.2, 0.25) is 0 Å². The molecule has 0 saturated carbocycles. The van der Waals surface area contributed by atoms with E-state index in [9.17, 15) is 9.59 Å². The van der Waals surface area contributed by atoms with E-state index in [0.717, 1.165) is 11.1 Å². The van der Waals surface area contributed by atoms with Gasteiger partial charge < -0.3 is 15.2 Å². The summed E-state index contributed by atoms with van der Waals surface area (Å²) < 4.78 is 5.79. The Labute approximate surface area is 125 Å². The van der Waals surface area contributed by atoms with Crippen molar-refractivity contribution in [1.82, 2.24) is 5.32 Å². The molecule has 0 heterocycles. The highest BCUT2D eigenvalue weighted by molar-refractivity contribution is 5.84. The van der Waals surface area contributed by atoms with Crippen molar-refractivity contribution in [2.75, 3.05) is 6.54 Å². The molecule has 1 aromatic carbocycles. The van der Waals surface area contributed by atoms with E-state index in [1.165, 1.54) is 0 Å². The molecule has 116 valence electrons. The normalized spacial score (nSPS) is 12.6. The SMILES string of the molecule is Cc1cccc(C(C)(C)C)c1OC(C)C(=O)NCC(=O)O. The summed E-state index contributed by atoms with van der Waals surface area (Å²) in [6.45, 7) is 9.34. The van der Waals surface area contributed by atoms with Crippen LogP contribution in [0.15, 0.2) is 18.2 Å². The van der Waals surface area contributed by atoms with E-state index in [2.05, 4.69) is 26.1 Å². The lowest BCUT2D eigenvalue weighted by molar-refractivity contribution is -0.139. The summed E-state index contributed by atoms with van der Waals surface area (Å²) in [5, 5.41) is 10.9. The molecular formula is C16H23NO4. The van der Waals surface area contributed by atoms with E-state index in [1.807, 2.05) is 25.1 Å². The maximum Gasteiger partial charge on any atom is 0.322 e. The van der Waals surface area contributed by atoms with Crippen LogP contribution in [0, 0.1) is 6.92 Å². The largest absolute Gasteiger partial charge is 0.480 e. The first-order valence-electron chi connectivity index (χ1n) is 6.89. The number of nitrogens with one attached hydrogen (secondary N) is 1. The second-order valence-electron chi connectivity index (χ2n) is 6.07. The zero-order valence-corrected chi connectivity index (χ0v) is 13.2. The van der Waals surface area contributed by atoms with Crippen molar-refractivity contribution in [1.29, 1.82) is 0 Å². The van der Waals surface area contributed by atoms with Crippen LogP contribution in [-0.2, 0) is 15.0 Å². The number of carbonyl (C=O) groups is 2. The number of para-hydroxylation sites is 1. The van der Waals surface area contributed by atoms with E-state index in [4.69, 9.17) is 9.84 Å².